The van der Waals surface area contributed by atoms with Crippen LogP contribution in [0.3, 0.4) is 0 Å². The number of imide groups is 1. The van der Waals surface area contributed by atoms with Crippen molar-refractivity contribution in [2.45, 2.75) is 18.8 Å². The van der Waals surface area contributed by atoms with E-state index in [4.69, 9.17) is 9.40 Å². The smallest absolute Gasteiger partial charge is 0.328 e. The van der Waals surface area contributed by atoms with Crippen molar-refractivity contribution in [3.8, 4) is 34.2 Å². The number of nitrogens with one attached hydrogen (secondary N) is 2. The maximum atomic E-state index is 12.8. The van der Waals surface area contributed by atoms with E-state index in [0.717, 1.165) is 55.1 Å². The molecule has 8 rings (SSSR count). The zero-order chi connectivity index (χ0) is 35.2. The molecule has 4 aromatic heterocycles. The number of pyridine rings is 2. The van der Waals surface area contributed by atoms with Gasteiger partial charge in [-0.15, -0.1) is 0 Å². The normalized spacial score (nSPS) is 14.4. The van der Waals surface area contributed by atoms with Gasteiger partial charge in [0.1, 0.15) is 11.3 Å². The van der Waals surface area contributed by atoms with Gasteiger partial charge in [0.25, 0.3) is 5.91 Å². The van der Waals surface area contributed by atoms with Crippen molar-refractivity contribution in [2.24, 2.45) is 14.1 Å². The van der Waals surface area contributed by atoms with Crippen LogP contribution >= 0.6 is 0 Å². The van der Waals surface area contributed by atoms with Gasteiger partial charge in [0.2, 0.25) is 11.8 Å². The summed E-state index contributed by atoms with van der Waals surface area (Å²) >= 11 is 0. The first-order chi connectivity index (χ1) is 24.7. The molecule has 250 valence electrons. The summed E-state index contributed by atoms with van der Waals surface area (Å²) in [5.74, 6) is 4.60. The molecular formula is C40H30N6O5. The molecule has 0 saturated carbocycles. The monoisotopic (exact) mass is 674 g/mol. The number of piperidine rings is 1. The quantitative estimate of drug-likeness (QED) is 0.189. The van der Waals surface area contributed by atoms with Gasteiger partial charge in [-0.3, -0.25) is 38.8 Å². The highest BCUT2D eigenvalue weighted by Crippen LogP contribution is 2.34. The largest absolute Gasteiger partial charge is 0.464 e. The molecule has 1 fully saturated rings. The third-order valence-corrected chi connectivity index (χ3v) is 9.43. The van der Waals surface area contributed by atoms with Crippen LogP contribution in [0.15, 0.2) is 101 Å². The van der Waals surface area contributed by atoms with E-state index in [0.29, 0.717) is 17.6 Å². The van der Waals surface area contributed by atoms with Crippen LogP contribution in [0.1, 0.15) is 40.4 Å². The molecule has 3 amide bonds. The number of furan rings is 1. The van der Waals surface area contributed by atoms with Crippen LogP contribution in [0.2, 0.25) is 0 Å². The average Bonchev–Trinajstić information content (AvgIpc) is 3.66. The van der Waals surface area contributed by atoms with Crippen molar-refractivity contribution in [3.63, 3.8) is 0 Å². The van der Waals surface area contributed by atoms with Gasteiger partial charge in [0, 0.05) is 60.4 Å². The number of fused-ring (bicyclic) bond motifs is 3. The number of benzene rings is 3. The lowest BCUT2D eigenvalue weighted by Gasteiger charge is -2.19. The number of imidazole rings is 1. The molecule has 3 aromatic carbocycles. The lowest BCUT2D eigenvalue weighted by atomic mass is 9.90. The minimum Gasteiger partial charge on any atom is -0.464 e. The first-order valence-electron chi connectivity index (χ1n) is 16.4. The van der Waals surface area contributed by atoms with Gasteiger partial charge in [0.05, 0.1) is 35.5 Å². The average molecular weight is 675 g/mol. The third-order valence-electron chi connectivity index (χ3n) is 9.43. The van der Waals surface area contributed by atoms with Gasteiger partial charge >= 0.3 is 5.69 Å². The molecule has 11 heteroatoms. The van der Waals surface area contributed by atoms with Crippen LogP contribution in [0, 0.1) is 11.8 Å². The van der Waals surface area contributed by atoms with Crippen molar-refractivity contribution in [1.29, 1.82) is 0 Å². The summed E-state index contributed by atoms with van der Waals surface area (Å²) in [5.41, 5.74) is 7.46. The molecule has 7 aromatic rings. The molecule has 0 radical (unpaired) electrons. The van der Waals surface area contributed by atoms with Crippen LogP contribution in [0.5, 0.6) is 0 Å². The van der Waals surface area contributed by atoms with Gasteiger partial charge in [-0.2, -0.15) is 0 Å². The molecule has 1 atom stereocenters. The van der Waals surface area contributed by atoms with Gasteiger partial charge in [-0.25, -0.2) is 4.79 Å². The summed E-state index contributed by atoms with van der Waals surface area (Å²) in [6, 6.07) is 23.0. The van der Waals surface area contributed by atoms with Crippen LogP contribution in [-0.2, 0) is 23.7 Å². The van der Waals surface area contributed by atoms with Crippen molar-refractivity contribution in [3.05, 3.63) is 119 Å². The van der Waals surface area contributed by atoms with E-state index in [1.807, 2.05) is 66.9 Å². The molecule has 11 nitrogen and oxygen atoms in total. The van der Waals surface area contributed by atoms with Crippen molar-refractivity contribution < 1.29 is 18.8 Å². The topological polar surface area (TPSA) is 141 Å². The highest BCUT2D eigenvalue weighted by atomic mass is 16.3. The minimum absolute atomic E-state index is 0.0680. The molecule has 1 unspecified atom stereocenters. The van der Waals surface area contributed by atoms with E-state index in [-0.39, 0.29) is 42.1 Å². The highest BCUT2D eigenvalue weighted by Gasteiger charge is 2.30. The van der Waals surface area contributed by atoms with Crippen LogP contribution in [-0.4, -0.2) is 43.4 Å². The number of hydrogen-bond acceptors (Lipinski definition) is 7. The molecule has 5 heterocycles. The molecule has 1 aliphatic heterocycles. The SMILES string of the molecule is Cn1c(=O)n(C)c2cc(-c3cccc4cc(-c5ccc(C(=O)NCC#Cc6ccc7occ(C8CCC(=O)NC8=O)c7c6)nc5)ncc34)ccc21. The molecule has 1 aliphatic rings. The predicted molar refractivity (Wildman–Crippen MR) is 193 cm³/mol. The predicted octanol–water partition coefficient (Wildman–Crippen LogP) is 5.20. The van der Waals surface area contributed by atoms with Crippen molar-refractivity contribution >= 4 is 50.5 Å². The number of carbonyl (C=O) groups is 3. The van der Waals surface area contributed by atoms with E-state index < -0.39 is 5.92 Å². The van der Waals surface area contributed by atoms with Gasteiger partial charge in [-0.05, 0) is 71.5 Å². The zero-order valence-corrected chi connectivity index (χ0v) is 27.7. The van der Waals surface area contributed by atoms with Gasteiger partial charge < -0.3 is 9.73 Å². The first-order valence-corrected chi connectivity index (χ1v) is 16.4. The summed E-state index contributed by atoms with van der Waals surface area (Å²) in [7, 11) is 3.55. The van der Waals surface area contributed by atoms with E-state index in [1.54, 1.807) is 47.8 Å². The lowest BCUT2D eigenvalue weighted by Crippen LogP contribution is -2.39. The summed E-state index contributed by atoms with van der Waals surface area (Å²) in [5, 5.41) is 7.92. The fraction of sp³-hybridized carbons (Fsp3) is 0.150. The second kappa shape index (κ2) is 12.6. The maximum Gasteiger partial charge on any atom is 0.328 e. The molecule has 1 saturated heterocycles. The second-order valence-electron chi connectivity index (χ2n) is 12.5. The van der Waals surface area contributed by atoms with Crippen molar-refractivity contribution in [2.75, 3.05) is 6.54 Å². The standard InChI is InChI=1S/C40H30N6O5/c1-45-34-13-10-25(19-35(34)46(2)40(45)50)27-7-3-6-24-18-33(43-21-30(24)27)26-9-12-32(42-20-26)39(49)41-16-4-5-23-8-14-36-29(17-23)31(22-51-36)28-11-15-37(47)44-38(28)48/h3,6-10,12-14,17-22,28H,11,15-16H2,1-2H3,(H,41,49)(H,44,47,48). The molecule has 51 heavy (non-hydrogen) atoms. The third kappa shape index (κ3) is 5.72. The Morgan fingerprint density at radius 3 is 2.59 bits per heavy atom. The summed E-state index contributed by atoms with van der Waals surface area (Å²) in [6.45, 7) is 0.105. The number of carbonyl (C=O) groups excluding carboxylic acids is 3. The number of rotatable bonds is 5. The Kier molecular flexibility index (Phi) is 7.76. The van der Waals surface area contributed by atoms with E-state index in [9.17, 15) is 19.2 Å². The van der Waals surface area contributed by atoms with Crippen LogP contribution in [0.4, 0.5) is 0 Å². The maximum absolute atomic E-state index is 12.8. The Morgan fingerprint density at radius 2 is 1.76 bits per heavy atom. The summed E-state index contributed by atoms with van der Waals surface area (Å²) in [6.07, 6.45) is 5.73. The van der Waals surface area contributed by atoms with Crippen molar-refractivity contribution in [1.82, 2.24) is 29.7 Å². The second-order valence-corrected chi connectivity index (χ2v) is 12.5. The number of hydrogen-bond donors (Lipinski definition) is 2. The number of amides is 3. The molecular weight excluding hydrogens is 644 g/mol. The van der Waals surface area contributed by atoms with Crippen LogP contribution < -0.4 is 16.3 Å². The Morgan fingerprint density at radius 1 is 0.922 bits per heavy atom. The Hall–Kier alpha value is -6.80. The minimum atomic E-state index is -0.462. The Labute approximate surface area is 290 Å². The number of aromatic nitrogens is 4. The summed E-state index contributed by atoms with van der Waals surface area (Å²) in [4.78, 5) is 58.4. The van der Waals surface area contributed by atoms with E-state index >= 15 is 0 Å². The fourth-order valence-electron chi connectivity index (χ4n) is 6.68. The van der Waals surface area contributed by atoms with E-state index in [1.165, 1.54) is 0 Å². The Bertz CT molecular complexity index is 2690. The van der Waals surface area contributed by atoms with E-state index in [2.05, 4.69) is 27.5 Å². The summed E-state index contributed by atoms with van der Waals surface area (Å²) < 4.78 is 8.93. The highest BCUT2D eigenvalue weighted by molar-refractivity contribution is 6.03. The lowest BCUT2D eigenvalue weighted by molar-refractivity contribution is -0.134. The fourth-order valence-corrected chi connectivity index (χ4v) is 6.68. The Balaban J connectivity index is 0.946. The van der Waals surface area contributed by atoms with Gasteiger partial charge in [0.15, 0.2) is 0 Å². The first kappa shape index (κ1) is 31.5. The number of aryl methyl sites for hydroxylation is 2. The van der Waals surface area contributed by atoms with Gasteiger partial charge in [-0.1, -0.05) is 36.1 Å². The van der Waals surface area contributed by atoms with Crippen LogP contribution in [0.25, 0.3) is 55.2 Å². The molecule has 2 N–H and O–H groups in total. The molecule has 0 bridgehead atoms. The number of nitrogens with zero attached hydrogens (tertiary/aromatic N) is 4. The molecule has 0 aliphatic carbocycles. The molecule has 0 spiro atoms. The zero-order valence-electron chi connectivity index (χ0n) is 27.7.